The van der Waals surface area contributed by atoms with Gasteiger partial charge in [-0.1, -0.05) is 18.2 Å². The Morgan fingerprint density at radius 1 is 1.17 bits per heavy atom. The predicted octanol–water partition coefficient (Wildman–Crippen LogP) is 3.93. The van der Waals surface area contributed by atoms with E-state index in [1.165, 1.54) is 26.8 Å². The molecule has 0 saturated carbocycles. The van der Waals surface area contributed by atoms with Crippen molar-refractivity contribution in [1.82, 2.24) is 14.7 Å². The van der Waals surface area contributed by atoms with Crippen LogP contribution in [0.15, 0.2) is 48.5 Å². The summed E-state index contributed by atoms with van der Waals surface area (Å²) in [6.07, 6.45) is 1.05. The topological polar surface area (TPSA) is 93.6 Å². The summed E-state index contributed by atoms with van der Waals surface area (Å²) in [6.45, 7) is 1.17. The molecule has 8 nitrogen and oxygen atoms in total. The van der Waals surface area contributed by atoms with Crippen LogP contribution < -0.4 is 0 Å². The molecular weight excluding hydrogens is 460 g/mol. The molecule has 3 amide bonds. The molecule has 2 N–H and O–H groups in total. The Bertz CT molecular complexity index is 1140. The molecule has 2 aliphatic heterocycles. The third-order valence-corrected chi connectivity index (χ3v) is 6.36. The van der Waals surface area contributed by atoms with Crippen LogP contribution in [0.5, 0.6) is 5.75 Å². The number of carbonyl (C=O) groups excluding carboxylic acids is 1. The Hall–Kier alpha value is -3.66. The first-order valence-corrected chi connectivity index (χ1v) is 11.3. The zero-order valence-corrected chi connectivity index (χ0v) is 19.2. The standard InChI is InChI=1S/C25H27F2N3O5/c1-28(8-7-19-15-35-10-9-29(19)25(33)34)24(32)30-14-17(21-13-18(26)5-6-22(21)27)12-23(30)16-3-2-4-20(31)11-16/h2-6,11-13,19,23,31H,7-10,14-15H2,1H3,(H,33,34). The highest BCUT2D eigenvalue weighted by Gasteiger charge is 2.34. The fraction of sp³-hybridized carbons (Fsp3) is 0.360. The van der Waals surface area contributed by atoms with Crippen LogP contribution in [0, 0.1) is 11.6 Å². The lowest BCUT2D eigenvalue weighted by atomic mass is 10.0. The smallest absolute Gasteiger partial charge is 0.407 e. The van der Waals surface area contributed by atoms with Gasteiger partial charge in [-0.25, -0.2) is 18.4 Å². The van der Waals surface area contributed by atoms with Gasteiger partial charge in [0.25, 0.3) is 0 Å². The van der Waals surface area contributed by atoms with Crippen molar-refractivity contribution >= 4 is 17.7 Å². The van der Waals surface area contributed by atoms with Crippen molar-refractivity contribution < 1.29 is 33.3 Å². The molecular formula is C25H27F2N3O5. The normalized spacial score (nSPS) is 20.0. The molecule has 2 aromatic rings. The van der Waals surface area contributed by atoms with E-state index in [1.807, 2.05) is 0 Å². The highest BCUT2D eigenvalue weighted by Crippen LogP contribution is 2.37. The van der Waals surface area contributed by atoms with E-state index in [2.05, 4.69) is 0 Å². The molecule has 2 heterocycles. The second kappa shape index (κ2) is 10.3. The number of halogens is 2. The predicted molar refractivity (Wildman–Crippen MR) is 124 cm³/mol. The van der Waals surface area contributed by atoms with Crippen LogP contribution in [-0.2, 0) is 4.74 Å². The van der Waals surface area contributed by atoms with Gasteiger partial charge in [0.2, 0.25) is 0 Å². The fourth-order valence-electron chi connectivity index (χ4n) is 4.51. The number of carbonyl (C=O) groups is 2. The Morgan fingerprint density at radius 3 is 2.71 bits per heavy atom. The monoisotopic (exact) mass is 487 g/mol. The zero-order chi connectivity index (χ0) is 25.1. The fourth-order valence-corrected chi connectivity index (χ4v) is 4.51. The molecule has 0 radical (unpaired) electrons. The number of aromatic hydroxyl groups is 1. The third kappa shape index (κ3) is 5.37. The molecule has 4 rings (SSSR count). The maximum Gasteiger partial charge on any atom is 0.407 e. The van der Waals surface area contributed by atoms with Crippen LogP contribution in [0.2, 0.25) is 0 Å². The van der Waals surface area contributed by atoms with Gasteiger partial charge in [-0.2, -0.15) is 0 Å². The Balaban J connectivity index is 1.55. The number of carboxylic acid groups (broad SMARTS) is 1. The number of amides is 3. The minimum absolute atomic E-state index is 0.0214. The molecule has 0 bridgehead atoms. The van der Waals surface area contributed by atoms with Crippen LogP contribution in [-0.4, -0.2) is 83.0 Å². The maximum absolute atomic E-state index is 14.5. The summed E-state index contributed by atoms with van der Waals surface area (Å²) in [5, 5.41) is 19.4. The number of nitrogens with zero attached hydrogens (tertiary/aromatic N) is 3. The first kappa shape index (κ1) is 24.5. The largest absolute Gasteiger partial charge is 0.508 e. The molecule has 2 aliphatic rings. The summed E-state index contributed by atoms with van der Waals surface area (Å²) in [6, 6.07) is 8.27. The number of urea groups is 1. The van der Waals surface area contributed by atoms with E-state index in [9.17, 15) is 28.6 Å². The van der Waals surface area contributed by atoms with Gasteiger partial charge >= 0.3 is 12.1 Å². The summed E-state index contributed by atoms with van der Waals surface area (Å²) in [5.74, 6) is -1.16. The number of phenolic OH excluding ortho intramolecular Hbond substituents is 1. The van der Waals surface area contributed by atoms with Crippen molar-refractivity contribution in [2.75, 3.05) is 39.9 Å². The van der Waals surface area contributed by atoms with Crippen molar-refractivity contribution in [3.05, 3.63) is 71.3 Å². The second-order valence-corrected chi connectivity index (χ2v) is 8.68. The Morgan fingerprint density at radius 2 is 1.97 bits per heavy atom. The lowest BCUT2D eigenvalue weighted by Crippen LogP contribution is -2.50. The molecule has 0 aliphatic carbocycles. The van der Waals surface area contributed by atoms with Gasteiger partial charge in [-0.05, 0) is 47.9 Å². The molecule has 0 aromatic heterocycles. The van der Waals surface area contributed by atoms with Crippen LogP contribution >= 0.6 is 0 Å². The first-order valence-electron chi connectivity index (χ1n) is 11.3. The quantitative estimate of drug-likeness (QED) is 0.667. The Labute approximate surface area is 201 Å². The lowest BCUT2D eigenvalue weighted by Gasteiger charge is -2.35. The van der Waals surface area contributed by atoms with E-state index in [0.29, 0.717) is 24.2 Å². The van der Waals surface area contributed by atoms with Crippen molar-refractivity contribution in [1.29, 1.82) is 0 Å². The number of rotatable bonds is 5. The average molecular weight is 488 g/mol. The molecule has 0 spiro atoms. The van der Waals surface area contributed by atoms with Gasteiger partial charge in [0.15, 0.2) is 0 Å². The van der Waals surface area contributed by atoms with Gasteiger partial charge in [0.1, 0.15) is 17.4 Å². The number of morpholine rings is 1. The summed E-state index contributed by atoms with van der Waals surface area (Å²) in [4.78, 5) is 29.3. The zero-order valence-electron chi connectivity index (χ0n) is 19.2. The first-order chi connectivity index (χ1) is 16.7. The van der Waals surface area contributed by atoms with Gasteiger partial charge in [0.05, 0.1) is 25.3 Å². The van der Waals surface area contributed by atoms with Gasteiger partial charge in [0, 0.05) is 32.2 Å². The lowest BCUT2D eigenvalue weighted by molar-refractivity contribution is -0.00440. The van der Waals surface area contributed by atoms with Crippen molar-refractivity contribution in [2.45, 2.75) is 18.5 Å². The van der Waals surface area contributed by atoms with Gasteiger partial charge < -0.3 is 29.6 Å². The molecule has 1 fully saturated rings. The molecule has 2 unspecified atom stereocenters. The third-order valence-electron chi connectivity index (χ3n) is 6.36. The number of phenols is 1. The SMILES string of the molecule is CN(CCC1COCCN1C(=O)O)C(=O)N1CC(c2cc(F)ccc2F)=CC1c1cccc(O)c1. The summed E-state index contributed by atoms with van der Waals surface area (Å²) >= 11 is 0. The minimum Gasteiger partial charge on any atom is -0.508 e. The number of hydrogen-bond acceptors (Lipinski definition) is 4. The summed E-state index contributed by atoms with van der Waals surface area (Å²) in [5.41, 5.74) is 1.15. The van der Waals surface area contributed by atoms with Crippen LogP contribution in [0.1, 0.15) is 23.6 Å². The van der Waals surface area contributed by atoms with E-state index in [-0.39, 0.29) is 49.6 Å². The van der Waals surface area contributed by atoms with Crippen LogP contribution in [0.4, 0.5) is 18.4 Å². The highest BCUT2D eigenvalue weighted by molar-refractivity contribution is 5.82. The molecule has 10 heteroatoms. The minimum atomic E-state index is -1.03. The molecule has 186 valence electrons. The van der Waals surface area contributed by atoms with E-state index >= 15 is 0 Å². The highest BCUT2D eigenvalue weighted by atomic mass is 19.1. The number of hydrogen-bond donors (Lipinski definition) is 2. The van der Waals surface area contributed by atoms with Crippen LogP contribution in [0.25, 0.3) is 5.57 Å². The average Bonchev–Trinajstić information content (AvgIpc) is 3.29. The van der Waals surface area contributed by atoms with E-state index < -0.39 is 23.8 Å². The van der Waals surface area contributed by atoms with E-state index in [0.717, 1.165) is 18.2 Å². The van der Waals surface area contributed by atoms with E-state index in [1.54, 1.807) is 25.3 Å². The summed E-state index contributed by atoms with van der Waals surface area (Å²) < 4.78 is 33.8. The molecule has 1 saturated heterocycles. The molecule has 2 atom stereocenters. The Kier molecular flexibility index (Phi) is 7.20. The van der Waals surface area contributed by atoms with Crippen molar-refractivity contribution in [2.24, 2.45) is 0 Å². The van der Waals surface area contributed by atoms with Crippen molar-refractivity contribution in [3.8, 4) is 5.75 Å². The molecule has 35 heavy (non-hydrogen) atoms. The molecule has 2 aromatic carbocycles. The van der Waals surface area contributed by atoms with Gasteiger partial charge in [-0.15, -0.1) is 0 Å². The van der Waals surface area contributed by atoms with Crippen LogP contribution in [0.3, 0.4) is 0 Å². The number of benzene rings is 2. The van der Waals surface area contributed by atoms with E-state index in [4.69, 9.17) is 4.74 Å². The number of ether oxygens (including phenoxy) is 1. The van der Waals surface area contributed by atoms with Crippen molar-refractivity contribution in [3.63, 3.8) is 0 Å². The second-order valence-electron chi connectivity index (χ2n) is 8.68. The maximum atomic E-state index is 14.5. The van der Waals surface area contributed by atoms with Gasteiger partial charge in [-0.3, -0.25) is 0 Å². The summed E-state index contributed by atoms with van der Waals surface area (Å²) in [7, 11) is 1.61.